The third-order valence-corrected chi connectivity index (χ3v) is 3.13. The molecule has 1 aliphatic rings. The number of halogens is 1. The molecule has 0 N–H and O–H groups in total. The van der Waals surface area contributed by atoms with Crippen LogP contribution in [0.2, 0.25) is 0 Å². The smallest absolute Gasteiger partial charge is 0.134 e. The molecule has 1 rings (SSSR count). The topological polar surface area (TPSA) is 20.3 Å². The van der Waals surface area contributed by atoms with E-state index in [2.05, 4.69) is 39.8 Å². The molecule has 1 saturated heterocycles. The van der Waals surface area contributed by atoms with E-state index in [4.69, 9.17) is 0 Å². The zero-order valence-corrected chi connectivity index (χ0v) is 9.38. The lowest BCUT2D eigenvalue weighted by Crippen LogP contribution is -2.27. The van der Waals surface area contributed by atoms with Crippen molar-refractivity contribution in [3.8, 4) is 0 Å². The maximum absolute atomic E-state index is 11.2. The first kappa shape index (κ1) is 9.45. The molecule has 0 spiro atoms. The van der Waals surface area contributed by atoms with Gasteiger partial charge in [-0.3, -0.25) is 4.79 Å². The van der Waals surface area contributed by atoms with Gasteiger partial charge in [-0.05, 0) is 12.3 Å². The Kier molecular flexibility index (Phi) is 2.59. The Balaban J connectivity index is 2.74. The summed E-state index contributed by atoms with van der Waals surface area (Å²) in [5.41, 5.74) is 0.174. The van der Waals surface area contributed by atoms with Crippen molar-refractivity contribution in [2.45, 2.75) is 20.8 Å². The fourth-order valence-electron chi connectivity index (χ4n) is 1.74. The average molecular weight is 267 g/mol. The second kappa shape index (κ2) is 3.01. The van der Waals surface area contributed by atoms with E-state index < -0.39 is 0 Å². The molecule has 0 radical (unpaired) electrons. The minimum absolute atomic E-state index is 0.174. The zero-order valence-electron chi connectivity index (χ0n) is 7.22. The third kappa shape index (κ3) is 1.93. The van der Waals surface area contributed by atoms with Crippen LogP contribution in [-0.2, 0) is 4.79 Å². The molecule has 0 unspecified atom stereocenters. The summed E-state index contributed by atoms with van der Waals surface area (Å²) in [6.07, 6.45) is 0. The van der Waals surface area contributed by atoms with Crippen molar-refractivity contribution in [2.24, 2.45) is 11.3 Å². The summed E-state index contributed by atoms with van der Waals surface area (Å²) < 4.78 is 2.20. The molecular weight excluding hydrogens is 253 g/mol. The maximum Gasteiger partial charge on any atom is 0.134 e. The molecule has 1 heterocycles. The molecule has 64 valence electrons. The van der Waals surface area contributed by atoms with Gasteiger partial charge in [0.05, 0.1) is 0 Å². The normalized spacial score (nSPS) is 30.7. The first-order chi connectivity index (χ1) is 4.93. The highest BCUT2D eigenvalue weighted by atomic mass is 127. The fourth-order valence-corrected chi connectivity index (χ4v) is 3.01. The predicted molar refractivity (Wildman–Crippen MR) is 53.5 cm³/mol. The fraction of sp³-hybridized carbons (Fsp3) is 0.875. The second-order valence-electron chi connectivity index (χ2n) is 3.96. The third-order valence-electron chi connectivity index (χ3n) is 2.39. The number of Topliss-reactive ketones (excluding diaryl/α,β-unsaturated/α-hetero) is 1. The lowest BCUT2D eigenvalue weighted by molar-refractivity contribution is -0.122. The summed E-state index contributed by atoms with van der Waals surface area (Å²) in [7, 11) is 0. The van der Waals surface area contributed by atoms with Crippen molar-refractivity contribution in [1.82, 2.24) is 3.11 Å². The minimum atomic E-state index is 0.174. The van der Waals surface area contributed by atoms with E-state index in [0.29, 0.717) is 5.78 Å². The first-order valence-corrected chi connectivity index (χ1v) is 4.81. The molecule has 1 aliphatic heterocycles. The summed E-state index contributed by atoms with van der Waals surface area (Å²) in [5.74, 6) is 0.563. The van der Waals surface area contributed by atoms with Gasteiger partial charge in [0.25, 0.3) is 0 Å². The minimum Gasteiger partial charge on any atom is -0.300 e. The molecule has 0 amide bonds. The number of carbonyl (C=O) groups excluding carboxylic acids is 1. The van der Waals surface area contributed by atoms with Crippen LogP contribution in [0.5, 0.6) is 0 Å². The van der Waals surface area contributed by atoms with Gasteiger partial charge in [-0.1, -0.05) is 13.8 Å². The molecule has 0 aromatic heterocycles. The average Bonchev–Trinajstić information content (AvgIpc) is 2.04. The van der Waals surface area contributed by atoms with Crippen molar-refractivity contribution >= 4 is 28.6 Å². The molecular formula is C8H14INO. The lowest BCUT2D eigenvalue weighted by Gasteiger charge is -2.22. The van der Waals surface area contributed by atoms with Crippen LogP contribution in [0.4, 0.5) is 0 Å². The highest BCUT2D eigenvalue weighted by Crippen LogP contribution is 2.37. The van der Waals surface area contributed by atoms with Crippen LogP contribution in [0.3, 0.4) is 0 Å². The Hall–Kier alpha value is 0.360. The van der Waals surface area contributed by atoms with E-state index in [9.17, 15) is 4.79 Å². The SMILES string of the molecule is CC(=O)[C@@H]1CN(I)CC1(C)C. The number of carbonyl (C=O) groups is 1. The van der Waals surface area contributed by atoms with Gasteiger partial charge in [0.15, 0.2) is 0 Å². The summed E-state index contributed by atoms with van der Waals surface area (Å²) in [4.78, 5) is 11.2. The Morgan fingerprint density at radius 3 is 2.36 bits per heavy atom. The van der Waals surface area contributed by atoms with E-state index in [1.165, 1.54) is 0 Å². The van der Waals surface area contributed by atoms with Crippen LogP contribution in [-0.4, -0.2) is 22.0 Å². The molecule has 0 bridgehead atoms. The molecule has 0 saturated carbocycles. The highest BCUT2D eigenvalue weighted by Gasteiger charge is 2.40. The van der Waals surface area contributed by atoms with Crippen LogP contribution in [0.25, 0.3) is 0 Å². The number of rotatable bonds is 1. The maximum atomic E-state index is 11.2. The van der Waals surface area contributed by atoms with Crippen molar-refractivity contribution in [3.05, 3.63) is 0 Å². The van der Waals surface area contributed by atoms with Gasteiger partial charge in [0.2, 0.25) is 0 Å². The van der Waals surface area contributed by atoms with Crippen molar-refractivity contribution < 1.29 is 4.79 Å². The van der Waals surface area contributed by atoms with Crippen molar-refractivity contribution in [3.63, 3.8) is 0 Å². The molecule has 1 fully saturated rings. The molecule has 2 nitrogen and oxygen atoms in total. The number of hydrogen-bond acceptors (Lipinski definition) is 2. The lowest BCUT2D eigenvalue weighted by atomic mass is 9.80. The van der Waals surface area contributed by atoms with Crippen molar-refractivity contribution in [1.29, 1.82) is 0 Å². The Labute approximate surface area is 81.8 Å². The quantitative estimate of drug-likeness (QED) is 0.534. The second-order valence-corrected chi connectivity index (χ2v) is 5.32. The van der Waals surface area contributed by atoms with Crippen molar-refractivity contribution in [2.75, 3.05) is 13.1 Å². The Morgan fingerprint density at radius 1 is 1.64 bits per heavy atom. The predicted octanol–water partition coefficient (Wildman–Crippen LogP) is 1.88. The summed E-state index contributed by atoms with van der Waals surface area (Å²) in [6.45, 7) is 7.97. The number of ketones is 1. The monoisotopic (exact) mass is 267 g/mol. The van der Waals surface area contributed by atoms with Crippen LogP contribution < -0.4 is 0 Å². The largest absolute Gasteiger partial charge is 0.300 e. The van der Waals surface area contributed by atoms with Gasteiger partial charge in [-0.15, -0.1) is 0 Å². The molecule has 3 heteroatoms. The zero-order chi connectivity index (χ0) is 8.65. The highest BCUT2D eigenvalue weighted by molar-refractivity contribution is 14.1. The number of hydrogen-bond donors (Lipinski definition) is 0. The Bertz CT molecular complexity index is 179. The molecule has 0 aliphatic carbocycles. The summed E-state index contributed by atoms with van der Waals surface area (Å²) >= 11 is 2.29. The van der Waals surface area contributed by atoms with E-state index in [1.54, 1.807) is 6.92 Å². The summed E-state index contributed by atoms with van der Waals surface area (Å²) in [5, 5.41) is 0. The van der Waals surface area contributed by atoms with Gasteiger partial charge in [-0.2, -0.15) is 0 Å². The van der Waals surface area contributed by atoms with Crippen LogP contribution >= 0.6 is 22.9 Å². The van der Waals surface area contributed by atoms with Gasteiger partial charge >= 0.3 is 0 Å². The van der Waals surface area contributed by atoms with Gasteiger partial charge in [0, 0.05) is 41.9 Å². The van der Waals surface area contributed by atoms with Crippen LogP contribution in [0.15, 0.2) is 0 Å². The molecule has 0 aromatic carbocycles. The van der Waals surface area contributed by atoms with E-state index in [0.717, 1.165) is 13.1 Å². The Morgan fingerprint density at radius 2 is 2.18 bits per heavy atom. The van der Waals surface area contributed by atoms with Crippen LogP contribution in [0.1, 0.15) is 20.8 Å². The standard InChI is InChI=1S/C8H14INO/c1-6(11)7-4-10(9)5-8(7,2)3/h7H,4-5H2,1-3H3/t7-/m0/s1. The van der Waals surface area contributed by atoms with Gasteiger partial charge < -0.3 is 0 Å². The van der Waals surface area contributed by atoms with E-state index >= 15 is 0 Å². The van der Waals surface area contributed by atoms with Crippen LogP contribution in [0, 0.1) is 11.3 Å². The van der Waals surface area contributed by atoms with Gasteiger partial charge in [-0.25, -0.2) is 3.11 Å². The van der Waals surface area contributed by atoms with Gasteiger partial charge in [0.1, 0.15) is 5.78 Å². The molecule has 1 atom stereocenters. The number of nitrogens with zero attached hydrogens (tertiary/aromatic N) is 1. The molecule has 0 aromatic rings. The van der Waals surface area contributed by atoms with E-state index in [1.807, 2.05) is 0 Å². The molecule has 11 heavy (non-hydrogen) atoms. The summed E-state index contributed by atoms with van der Waals surface area (Å²) in [6, 6.07) is 0. The van der Waals surface area contributed by atoms with E-state index in [-0.39, 0.29) is 11.3 Å². The first-order valence-electron chi connectivity index (χ1n) is 3.84.